The van der Waals surface area contributed by atoms with Crippen LogP contribution in [0.4, 0.5) is 21.2 Å². The van der Waals surface area contributed by atoms with Crippen molar-refractivity contribution < 1.29 is 23.5 Å². The number of nitrogen functional groups attached to an aromatic ring is 1. The first-order chi connectivity index (χ1) is 19.0. The number of nitrogens with one attached hydrogen (secondary N) is 1. The summed E-state index contributed by atoms with van der Waals surface area (Å²) < 4.78 is 22.1. The van der Waals surface area contributed by atoms with Gasteiger partial charge >= 0.3 is 0 Å². The summed E-state index contributed by atoms with van der Waals surface area (Å²) in [6, 6.07) is 19.2. The number of anilines is 3. The maximum Gasteiger partial charge on any atom is 0.264 e. The minimum Gasteiger partial charge on any atom is -0.399 e. The summed E-state index contributed by atoms with van der Waals surface area (Å²) in [5.41, 5.74) is 7.67. The van der Waals surface area contributed by atoms with Gasteiger partial charge in [-0.15, -0.1) is 0 Å². The Hall–Kier alpha value is -3.24. The molecule has 2 heterocycles. The highest BCUT2D eigenvalue weighted by Crippen LogP contribution is 2.60. The summed E-state index contributed by atoms with van der Waals surface area (Å²) in [4.78, 5) is 28.5. The van der Waals surface area contributed by atoms with Crippen LogP contribution in [0.1, 0.15) is 34.8 Å². The number of aliphatic hydroxyl groups is 1. The Morgan fingerprint density at radius 3 is 2.45 bits per heavy atom. The lowest BCUT2D eigenvalue weighted by molar-refractivity contribution is -0.146. The van der Waals surface area contributed by atoms with Gasteiger partial charge in [-0.05, 0) is 79.7 Å². The number of carbonyl (C=O) groups excluding carboxylic acids is 2. The lowest BCUT2D eigenvalue weighted by atomic mass is 9.82. The Morgan fingerprint density at radius 1 is 1.15 bits per heavy atom. The van der Waals surface area contributed by atoms with Crippen molar-refractivity contribution >= 4 is 48.9 Å². The van der Waals surface area contributed by atoms with E-state index in [1.54, 1.807) is 72.6 Å². The number of halogens is 2. The predicted octanol–water partition coefficient (Wildman–Crippen LogP) is 5.88. The van der Waals surface area contributed by atoms with Gasteiger partial charge in [-0.2, -0.15) is 0 Å². The number of nitrogens with two attached hydrogens (primary N) is 1. The van der Waals surface area contributed by atoms with Crippen LogP contribution in [0.2, 0.25) is 23.7 Å². The molecule has 210 valence electrons. The Bertz CT molecular complexity index is 1430. The van der Waals surface area contributed by atoms with Crippen LogP contribution in [0.25, 0.3) is 0 Å². The molecule has 0 unspecified atom stereocenters. The molecule has 10 heteroatoms. The van der Waals surface area contributed by atoms with Gasteiger partial charge in [0, 0.05) is 45.6 Å². The molecule has 2 aliphatic heterocycles. The van der Waals surface area contributed by atoms with E-state index in [-0.39, 0.29) is 31.4 Å². The van der Waals surface area contributed by atoms with Crippen molar-refractivity contribution in [2.45, 2.75) is 50.2 Å². The standard InChI is InChI=1S/C30H33ClFN3O4Si/c1-18-27(40(2,3)32)26(14-15-36)39-30(18)24-16-21(31)8-13-25(24)35(29(30)38)17-19-4-11-23(12-5-19)34-28(37)20-6-9-22(33)10-7-20/h4-13,16,18,26-27,36H,14-15,17,33H2,1-3H3,(H,34,37)/t18-,26+,27-,30+/m1/s1. The van der Waals surface area contributed by atoms with Crippen molar-refractivity contribution in [2.75, 3.05) is 22.6 Å². The van der Waals surface area contributed by atoms with E-state index < -0.39 is 31.6 Å². The number of rotatable bonds is 7. The van der Waals surface area contributed by atoms with E-state index in [0.29, 0.717) is 33.2 Å². The average molecular weight is 582 g/mol. The largest absolute Gasteiger partial charge is 0.399 e. The first-order valence-corrected chi connectivity index (χ1v) is 16.6. The van der Waals surface area contributed by atoms with Crippen molar-refractivity contribution in [3.05, 3.63) is 88.4 Å². The number of amides is 2. The zero-order valence-corrected chi connectivity index (χ0v) is 24.4. The van der Waals surface area contributed by atoms with E-state index in [1.807, 2.05) is 19.1 Å². The molecule has 4 N–H and O–H groups in total. The molecule has 0 radical (unpaired) electrons. The molecule has 0 aromatic heterocycles. The number of fused-ring (bicyclic) bond motifs is 2. The van der Waals surface area contributed by atoms with Gasteiger partial charge in [-0.1, -0.05) is 30.7 Å². The van der Waals surface area contributed by atoms with Crippen LogP contribution in [-0.2, 0) is 21.7 Å². The van der Waals surface area contributed by atoms with Crippen LogP contribution in [0.5, 0.6) is 0 Å². The van der Waals surface area contributed by atoms with Gasteiger partial charge in [-0.25, -0.2) is 0 Å². The Labute approximate surface area is 239 Å². The molecule has 7 nitrogen and oxygen atoms in total. The minimum absolute atomic E-state index is 0.157. The summed E-state index contributed by atoms with van der Waals surface area (Å²) in [7, 11) is -3.27. The lowest BCUT2D eigenvalue weighted by Crippen LogP contribution is -2.45. The van der Waals surface area contributed by atoms with Crippen molar-refractivity contribution in [1.82, 2.24) is 0 Å². The van der Waals surface area contributed by atoms with Gasteiger partial charge in [0.1, 0.15) is 0 Å². The van der Waals surface area contributed by atoms with Gasteiger partial charge in [0.2, 0.25) is 8.41 Å². The summed E-state index contributed by atoms with van der Waals surface area (Å²) in [6.45, 7) is 5.23. The van der Waals surface area contributed by atoms with Gasteiger partial charge in [0.05, 0.1) is 18.3 Å². The first kappa shape index (κ1) is 28.3. The molecule has 0 saturated carbocycles. The monoisotopic (exact) mass is 581 g/mol. The molecule has 3 aromatic rings. The maximum atomic E-state index is 15.6. The van der Waals surface area contributed by atoms with Crippen LogP contribution in [-0.4, -0.2) is 38.0 Å². The zero-order valence-electron chi connectivity index (χ0n) is 22.7. The molecular weight excluding hydrogens is 549 g/mol. The minimum atomic E-state index is -3.27. The number of aliphatic hydroxyl groups excluding tert-OH is 1. The second-order valence-electron chi connectivity index (χ2n) is 11.1. The molecule has 3 aromatic carbocycles. The number of ether oxygens (including phenoxy) is 1. The molecule has 40 heavy (non-hydrogen) atoms. The van der Waals surface area contributed by atoms with E-state index in [4.69, 9.17) is 22.1 Å². The second-order valence-corrected chi connectivity index (χ2v) is 15.3. The molecule has 0 bridgehead atoms. The number of hydrogen-bond acceptors (Lipinski definition) is 5. The van der Waals surface area contributed by atoms with E-state index in [9.17, 15) is 14.7 Å². The van der Waals surface area contributed by atoms with E-state index in [1.165, 1.54) is 0 Å². The molecule has 1 spiro atoms. The molecule has 0 aliphatic carbocycles. The summed E-state index contributed by atoms with van der Waals surface area (Å²) in [6.07, 6.45) is -0.324. The Kier molecular flexibility index (Phi) is 7.52. The Balaban J connectivity index is 1.42. The smallest absolute Gasteiger partial charge is 0.264 e. The van der Waals surface area contributed by atoms with Crippen molar-refractivity contribution in [2.24, 2.45) is 5.92 Å². The highest BCUT2D eigenvalue weighted by Gasteiger charge is 2.66. The molecule has 1 saturated heterocycles. The van der Waals surface area contributed by atoms with Crippen LogP contribution in [0.15, 0.2) is 66.7 Å². The quantitative estimate of drug-likeness (QED) is 0.184. The third-order valence-electron chi connectivity index (χ3n) is 8.06. The SMILES string of the molecule is C[C@@H]1[C@@H]([Si](C)(C)F)[C@H](CCO)O[C@@]12C(=O)N(Cc1ccc(NC(=O)c3ccc(N)cc3)cc1)c1ccc(Cl)cc12. The normalized spacial score (nSPS) is 24.0. The van der Waals surface area contributed by atoms with Gasteiger partial charge < -0.3 is 29.9 Å². The number of benzene rings is 3. The van der Waals surface area contributed by atoms with E-state index >= 15 is 4.11 Å². The third kappa shape index (κ3) is 4.92. The van der Waals surface area contributed by atoms with Crippen LogP contribution in [0.3, 0.4) is 0 Å². The summed E-state index contributed by atoms with van der Waals surface area (Å²) in [5, 5.41) is 13.0. The molecule has 2 amide bonds. The van der Waals surface area contributed by atoms with Crippen LogP contribution >= 0.6 is 11.6 Å². The predicted molar refractivity (Wildman–Crippen MR) is 158 cm³/mol. The second kappa shape index (κ2) is 10.6. The van der Waals surface area contributed by atoms with E-state index in [2.05, 4.69) is 5.32 Å². The zero-order chi connectivity index (χ0) is 28.8. The van der Waals surface area contributed by atoms with E-state index in [0.717, 1.165) is 5.56 Å². The average Bonchev–Trinajstić information content (AvgIpc) is 3.32. The molecule has 5 rings (SSSR count). The lowest BCUT2D eigenvalue weighted by Gasteiger charge is -2.31. The fourth-order valence-corrected chi connectivity index (χ4v) is 9.00. The summed E-state index contributed by atoms with van der Waals surface area (Å²) in [5.74, 6) is -0.966. The fourth-order valence-electron chi connectivity index (χ4n) is 6.29. The number of nitrogens with zero attached hydrogens (tertiary/aromatic N) is 1. The molecule has 1 fully saturated rings. The van der Waals surface area contributed by atoms with Crippen molar-refractivity contribution in [3.63, 3.8) is 0 Å². The molecule has 2 aliphatic rings. The first-order valence-electron chi connectivity index (χ1n) is 13.3. The van der Waals surface area contributed by atoms with Crippen LogP contribution < -0.4 is 16.0 Å². The number of carbonyl (C=O) groups is 2. The van der Waals surface area contributed by atoms with Gasteiger partial charge in [0.15, 0.2) is 5.60 Å². The summed E-state index contributed by atoms with van der Waals surface area (Å²) >= 11 is 6.39. The third-order valence-corrected chi connectivity index (χ3v) is 10.8. The topological polar surface area (TPSA) is 105 Å². The van der Waals surface area contributed by atoms with Crippen LogP contribution in [0, 0.1) is 5.92 Å². The molecular formula is C30H33ClFN3O4Si. The molecule has 4 atom stereocenters. The Morgan fingerprint density at radius 2 is 1.82 bits per heavy atom. The maximum absolute atomic E-state index is 15.6. The highest BCUT2D eigenvalue weighted by molar-refractivity contribution is 6.72. The number of hydrogen-bond donors (Lipinski definition) is 3. The van der Waals surface area contributed by atoms with Crippen molar-refractivity contribution in [3.8, 4) is 0 Å². The fraction of sp³-hybridized carbons (Fsp3) is 0.333. The van der Waals surface area contributed by atoms with Crippen molar-refractivity contribution in [1.29, 1.82) is 0 Å². The highest BCUT2D eigenvalue weighted by atomic mass is 35.5. The van der Waals surface area contributed by atoms with Gasteiger partial charge in [-0.3, -0.25) is 9.59 Å². The van der Waals surface area contributed by atoms with Gasteiger partial charge in [0.25, 0.3) is 11.8 Å².